The molecule has 4 nitrogen and oxygen atoms in total. The minimum absolute atomic E-state index is 0.0668. The monoisotopic (exact) mass is 413 g/mol. The summed E-state index contributed by atoms with van der Waals surface area (Å²) in [6.07, 6.45) is -3.43. The van der Waals surface area contributed by atoms with E-state index in [9.17, 15) is 26.4 Å². The summed E-state index contributed by atoms with van der Waals surface area (Å²) >= 11 is 7.02. The lowest BCUT2D eigenvalue weighted by molar-refractivity contribution is -0.137. The largest absolute Gasteiger partial charge is 0.416 e. The maximum Gasteiger partial charge on any atom is 0.416 e. The molecular weight excluding hydrogens is 399 g/mol. The zero-order chi connectivity index (χ0) is 19.2. The summed E-state index contributed by atoms with van der Waals surface area (Å²) in [5, 5.41) is 0.421. The van der Waals surface area contributed by atoms with E-state index in [4.69, 9.17) is 11.6 Å². The van der Waals surface area contributed by atoms with Crippen molar-refractivity contribution >= 4 is 48.8 Å². The molecule has 0 spiro atoms. The number of benzene rings is 1. The van der Waals surface area contributed by atoms with Crippen molar-refractivity contribution < 1.29 is 26.4 Å². The van der Waals surface area contributed by atoms with Gasteiger partial charge < -0.3 is 4.90 Å². The van der Waals surface area contributed by atoms with Crippen LogP contribution >= 0.6 is 22.9 Å². The third kappa shape index (κ3) is 4.45. The average molecular weight is 414 g/mol. The van der Waals surface area contributed by atoms with Gasteiger partial charge in [-0.25, -0.2) is 8.42 Å². The summed E-state index contributed by atoms with van der Waals surface area (Å²) in [7, 11) is -1.86. The van der Waals surface area contributed by atoms with Gasteiger partial charge >= 0.3 is 6.18 Å². The molecule has 1 unspecified atom stereocenters. The van der Waals surface area contributed by atoms with Crippen LogP contribution in [0.4, 0.5) is 13.2 Å². The molecule has 0 fully saturated rings. The molecule has 0 N–H and O–H groups in total. The van der Waals surface area contributed by atoms with Crippen LogP contribution in [0.15, 0.2) is 18.2 Å². The number of halogens is 4. The third-order valence-corrected chi connectivity index (χ3v) is 6.41. The maximum atomic E-state index is 12.8. The molecule has 1 amide bonds. The van der Waals surface area contributed by atoms with Crippen LogP contribution < -0.4 is 0 Å². The van der Waals surface area contributed by atoms with Gasteiger partial charge in [-0.2, -0.15) is 13.2 Å². The first-order valence-corrected chi connectivity index (χ1v) is 10.3. The molecule has 1 atom stereocenters. The normalized spacial score (nSPS) is 13.9. The number of carbonyl (C=O) groups is 1. The number of amides is 1. The number of alkyl halides is 3. The minimum atomic E-state index is -4.49. The van der Waals surface area contributed by atoms with E-state index in [1.807, 2.05) is 0 Å². The van der Waals surface area contributed by atoms with Crippen LogP contribution in [0.1, 0.15) is 22.2 Å². The van der Waals surface area contributed by atoms with Gasteiger partial charge in [0.05, 0.1) is 16.3 Å². The molecule has 25 heavy (non-hydrogen) atoms. The second-order valence-electron chi connectivity index (χ2n) is 5.81. The fraction of sp³-hybridized carbons (Fsp3) is 0.400. The second-order valence-corrected chi connectivity index (χ2v) is 9.43. The average Bonchev–Trinajstić information content (AvgIpc) is 2.79. The molecule has 2 aromatic rings. The van der Waals surface area contributed by atoms with E-state index < -0.39 is 33.5 Å². The number of nitrogens with zero attached hydrogens (tertiary/aromatic N) is 1. The fourth-order valence-corrected chi connectivity index (χ4v) is 4.92. The predicted octanol–water partition coefficient (Wildman–Crippen LogP) is 4.08. The number of sulfone groups is 1. The molecular formula is C15H15ClF3NO3S2. The van der Waals surface area contributed by atoms with Crippen LogP contribution in [0.5, 0.6) is 0 Å². The second kappa shape index (κ2) is 6.77. The van der Waals surface area contributed by atoms with E-state index in [0.717, 1.165) is 29.7 Å². The van der Waals surface area contributed by atoms with E-state index in [1.165, 1.54) is 18.0 Å². The molecule has 0 saturated carbocycles. The van der Waals surface area contributed by atoms with E-state index in [2.05, 4.69) is 0 Å². The Bertz CT molecular complexity index is 922. The van der Waals surface area contributed by atoms with Gasteiger partial charge in [-0.15, -0.1) is 11.3 Å². The molecule has 1 aromatic heterocycles. The van der Waals surface area contributed by atoms with Gasteiger partial charge in [-0.05, 0) is 19.1 Å². The predicted molar refractivity (Wildman–Crippen MR) is 93.1 cm³/mol. The zero-order valence-corrected chi connectivity index (χ0v) is 15.9. The van der Waals surface area contributed by atoms with Crippen molar-refractivity contribution in [1.29, 1.82) is 0 Å². The van der Waals surface area contributed by atoms with Crippen LogP contribution in [-0.4, -0.2) is 44.3 Å². The highest BCUT2D eigenvalue weighted by molar-refractivity contribution is 7.90. The van der Waals surface area contributed by atoms with Gasteiger partial charge in [-0.1, -0.05) is 17.7 Å². The highest BCUT2D eigenvalue weighted by Crippen LogP contribution is 2.39. The first kappa shape index (κ1) is 20.0. The third-order valence-electron chi connectivity index (χ3n) is 3.68. The number of rotatable bonds is 4. The SMILES string of the molecule is CC(CS(C)(=O)=O)N(C)C(=O)c1sc2cc(C(F)(F)F)ccc2c1Cl. The van der Waals surface area contributed by atoms with Gasteiger partial charge in [0.25, 0.3) is 5.91 Å². The molecule has 0 radical (unpaired) electrons. The Kier molecular flexibility index (Phi) is 5.42. The van der Waals surface area contributed by atoms with Gasteiger partial charge in [0.1, 0.15) is 14.7 Å². The topological polar surface area (TPSA) is 54.5 Å². The Morgan fingerprint density at radius 3 is 2.48 bits per heavy atom. The Labute approximate surface area is 152 Å². The van der Waals surface area contributed by atoms with Crippen molar-refractivity contribution in [3.8, 4) is 0 Å². The first-order chi connectivity index (χ1) is 11.3. The number of thiophene rings is 1. The van der Waals surface area contributed by atoms with Crippen molar-refractivity contribution in [2.75, 3.05) is 19.1 Å². The lowest BCUT2D eigenvalue weighted by atomic mass is 10.1. The maximum absolute atomic E-state index is 12.8. The van der Waals surface area contributed by atoms with Gasteiger partial charge in [0, 0.05) is 29.4 Å². The Morgan fingerprint density at radius 1 is 1.36 bits per heavy atom. The molecule has 0 bridgehead atoms. The fourth-order valence-electron chi connectivity index (χ4n) is 2.29. The smallest absolute Gasteiger partial charge is 0.337 e. The lowest BCUT2D eigenvalue weighted by Crippen LogP contribution is -2.39. The quantitative estimate of drug-likeness (QED) is 0.759. The Hall–Kier alpha value is -1.32. The summed E-state index contributed by atoms with van der Waals surface area (Å²) in [5.74, 6) is -0.758. The molecule has 0 aliphatic heterocycles. The molecule has 1 heterocycles. The summed E-state index contributed by atoms with van der Waals surface area (Å²) in [6.45, 7) is 1.57. The van der Waals surface area contributed by atoms with Crippen LogP contribution in [0.2, 0.25) is 5.02 Å². The molecule has 0 aliphatic carbocycles. The molecule has 0 aliphatic rings. The summed E-state index contributed by atoms with van der Waals surface area (Å²) < 4.78 is 61.4. The summed E-state index contributed by atoms with van der Waals surface area (Å²) in [4.78, 5) is 13.9. The minimum Gasteiger partial charge on any atom is -0.337 e. The van der Waals surface area contributed by atoms with Crippen molar-refractivity contribution in [3.05, 3.63) is 33.7 Å². The Balaban J connectivity index is 2.40. The Morgan fingerprint density at radius 2 is 1.96 bits per heavy atom. The standard InChI is InChI=1S/C15H15ClF3NO3S2/c1-8(7-25(3,22)23)20(2)14(21)13-12(16)10-5-4-9(15(17,18)19)6-11(10)24-13/h4-6,8H,7H2,1-3H3. The number of fused-ring (bicyclic) bond motifs is 1. The van der Waals surface area contributed by atoms with Gasteiger partial charge in [-0.3, -0.25) is 4.79 Å². The van der Waals surface area contributed by atoms with Crippen LogP contribution in [0.25, 0.3) is 10.1 Å². The number of hydrogen-bond acceptors (Lipinski definition) is 4. The summed E-state index contributed by atoms with van der Waals surface area (Å²) in [6, 6.07) is 2.48. The lowest BCUT2D eigenvalue weighted by Gasteiger charge is -2.23. The zero-order valence-electron chi connectivity index (χ0n) is 13.5. The van der Waals surface area contributed by atoms with Crippen molar-refractivity contribution in [3.63, 3.8) is 0 Å². The highest BCUT2D eigenvalue weighted by Gasteiger charge is 2.32. The number of hydrogen-bond donors (Lipinski definition) is 0. The molecule has 2 rings (SSSR count). The molecule has 10 heteroatoms. The first-order valence-electron chi connectivity index (χ1n) is 7.05. The van der Waals surface area contributed by atoms with E-state index in [-0.39, 0.29) is 20.4 Å². The van der Waals surface area contributed by atoms with Crippen molar-refractivity contribution in [1.82, 2.24) is 4.90 Å². The highest BCUT2D eigenvalue weighted by atomic mass is 35.5. The molecule has 1 aromatic carbocycles. The molecule has 138 valence electrons. The van der Waals surface area contributed by atoms with Crippen molar-refractivity contribution in [2.24, 2.45) is 0 Å². The van der Waals surface area contributed by atoms with Crippen molar-refractivity contribution in [2.45, 2.75) is 19.1 Å². The number of carbonyl (C=O) groups excluding carboxylic acids is 1. The van der Waals surface area contributed by atoms with E-state index in [1.54, 1.807) is 6.92 Å². The van der Waals surface area contributed by atoms with Crippen LogP contribution in [0.3, 0.4) is 0 Å². The van der Waals surface area contributed by atoms with E-state index >= 15 is 0 Å². The summed E-state index contributed by atoms with van der Waals surface area (Å²) in [5.41, 5.74) is -0.823. The van der Waals surface area contributed by atoms with Gasteiger partial charge in [0.2, 0.25) is 0 Å². The van der Waals surface area contributed by atoms with Crippen LogP contribution in [-0.2, 0) is 16.0 Å². The van der Waals surface area contributed by atoms with E-state index in [0.29, 0.717) is 5.39 Å². The van der Waals surface area contributed by atoms with Gasteiger partial charge in [0.15, 0.2) is 0 Å². The van der Waals surface area contributed by atoms with Crippen LogP contribution in [0, 0.1) is 0 Å². The molecule has 0 saturated heterocycles.